The molecule has 0 bridgehead atoms. The van der Waals surface area contributed by atoms with Gasteiger partial charge in [-0.3, -0.25) is 14.7 Å². The highest BCUT2D eigenvalue weighted by Gasteiger charge is 2.62. The zero-order valence-corrected chi connectivity index (χ0v) is 21.9. The summed E-state index contributed by atoms with van der Waals surface area (Å²) < 4.78 is 19.6. The standard InChI is InChI=1S/C30H38FN3O2/c1-20-17-30(19-34-14-12-33(4)13-15-34)28(22(3)36-29(30)35)27(21(20)2)11-10-26-9-8-24(18-32-26)23-6-5-7-25(31)16-23/h5-11,16,18,20-22,27-28H,12-15,17,19H2,1-4H3/b11-10+/t20-,21+,22+,27-,28-,30-/m0/s1. The van der Waals surface area contributed by atoms with Gasteiger partial charge in [0.15, 0.2) is 0 Å². The van der Waals surface area contributed by atoms with Crippen molar-refractivity contribution in [3.05, 3.63) is 60.2 Å². The molecule has 6 heteroatoms. The highest BCUT2D eigenvalue weighted by atomic mass is 19.1. The minimum absolute atomic E-state index is 0.00588. The lowest BCUT2D eigenvalue weighted by atomic mass is 9.54. The topological polar surface area (TPSA) is 45.7 Å². The number of hydrogen-bond donors (Lipinski definition) is 0. The van der Waals surface area contributed by atoms with Crippen molar-refractivity contribution in [2.75, 3.05) is 39.8 Å². The lowest BCUT2D eigenvalue weighted by Gasteiger charge is -2.49. The average molecular weight is 492 g/mol. The highest BCUT2D eigenvalue weighted by Crippen LogP contribution is 2.56. The van der Waals surface area contributed by atoms with Crippen molar-refractivity contribution >= 4 is 12.0 Å². The minimum Gasteiger partial charge on any atom is -0.462 e. The zero-order valence-electron chi connectivity index (χ0n) is 21.9. The van der Waals surface area contributed by atoms with E-state index in [0.717, 1.165) is 56.0 Å². The monoisotopic (exact) mass is 491 g/mol. The SMILES string of the molecule is C[C@H]1[C@H](/C=C/c2ccc(-c3cccc(F)c3)cn2)[C@@H]2[C@@H](C)OC(=O)[C@]2(CN2CCN(C)CC2)C[C@@H]1C. The summed E-state index contributed by atoms with van der Waals surface area (Å²) in [6, 6.07) is 10.5. The van der Waals surface area contributed by atoms with Crippen LogP contribution in [0.15, 0.2) is 48.7 Å². The van der Waals surface area contributed by atoms with Gasteiger partial charge in [-0.1, -0.05) is 38.1 Å². The van der Waals surface area contributed by atoms with Gasteiger partial charge in [0, 0.05) is 50.4 Å². The Balaban J connectivity index is 1.39. The first-order valence-corrected chi connectivity index (χ1v) is 13.3. The van der Waals surface area contributed by atoms with E-state index < -0.39 is 5.41 Å². The first kappa shape index (κ1) is 25.1. The molecule has 1 aromatic heterocycles. The van der Waals surface area contributed by atoms with Crippen molar-refractivity contribution < 1.29 is 13.9 Å². The number of aromatic nitrogens is 1. The number of halogens is 1. The maximum atomic E-state index is 13.6. The summed E-state index contributed by atoms with van der Waals surface area (Å²) in [5, 5.41) is 0. The molecule has 2 aliphatic heterocycles. The number of ether oxygens (including phenoxy) is 1. The van der Waals surface area contributed by atoms with E-state index in [9.17, 15) is 9.18 Å². The van der Waals surface area contributed by atoms with Crippen LogP contribution in [0.4, 0.5) is 4.39 Å². The van der Waals surface area contributed by atoms with Crippen LogP contribution in [0.2, 0.25) is 0 Å². The fourth-order valence-electron chi connectivity index (χ4n) is 6.80. The summed E-state index contributed by atoms with van der Waals surface area (Å²) in [7, 11) is 2.16. The van der Waals surface area contributed by atoms with Crippen LogP contribution >= 0.6 is 0 Å². The number of nitrogens with zero attached hydrogens (tertiary/aromatic N) is 3. The Bertz CT molecular complexity index is 1110. The van der Waals surface area contributed by atoms with Crippen molar-refractivity contribution in [3.63, 3.8) is 0 Å². The minimum atomic E-state index is -0.453. The Kier molecular flexibility index (Phi) is 7.01. The van der Waals surface area contributed by atoms with Crippen molar-refractivity contribution in [2.45, 2.75) is 33.3 Å². The molecule has 5 nitrogen and oxygen atoms in total. The van der Waals surface area contributed by atoms with E-state index in [1.807, 2.05) is 18.2 Å². The van der Waals surface area contributed by atoms with E-state index in [4.69, 9.17) is 4.74 Å². The molecule has 192 valence electrons. The highest BCUT2D eigenvalue weighted by molar-refractivity contribution is 5.80. The van der Waals surface area contributed by atoms with Gasteiger partial charge in [0.2, 0.25) is 0 Å². The van der Waals surface area contributed by atoms with Crippen LogP contribution in [0.25, 0.3) is 17.2 Å². The van der Waals surface area contributed by atoms with Crippen molar-refractivity contribution in [1.82, 2.24) is 14.8 Å². The Morgan fingerprint density at radius 3 is 2.58 bits per heavy atom. The lowest BCUT2D eigenvalue weighted by Crippen LogP contribution is -2.56. The fourth-order valence-corrected chi connectivity index (χ4v) is 6.80. The van der Waals surface area contributed by atoms with Gasteiger partial charge in [-0.05, 0) is 68.0 Å². The van der Waals surface area contributed by atoms with E-state index in [-0.39, 0.29) is 29.7 Å². The number of allylic oxidation sites excluding steroid dienone is 1. The van der Waals surface area contributed by atoms with Crippen LogP contribution in [0, 0.1) is 34.9 Å². The molecule has 0 unspecified atom stereocenters. The number of piperazine rings is 1. The number of likely N-dealkylation sites (N-methyl/N-ethyl adjacent to an activating group) is 1. The second kappa shape index (κ2) is 10.1. The van der Waals surface area contributed by atoms with E-state index >= 15 is 0 Å². The number of esters is 1. The van der Waals surface area contributed by atoms with Gasteiger partial charge in [-0.25, -0.2) is 4.39 Å². The lowest BCUT2D eigenvalue weighted by molar-refractivity contribution is -0.152. The van der Waals surface area contributed by atoms with Gasteiger partial charge < -0.3 is 9.64 Å². The normalized spacial score (nSPS) is 33.6. The molecule has 1 aliphatic carbocycles. The Morgan fingerprint density at radius 2 is 1.89 bits per heavy atom. The second-order valence-electron chi connectivity index (χ2n) is 11.3. The first-order valence-electron chi connectivity index (χ1n) is 13.3. The molecule has 0 spiro atoms. The van der Waals surface area contributed by atoms with Gasteiger partial charge in [0.05, 0.1) is 11.1 Å². The van der Waals surface area contributed by atoms with E-state index in [1.54, 1.807) is 12.3 Å². The van der Waals surface area contributed by atoms with Crippen molar-refractivity contribution in [2.24, 2.45) is 29.1 Å². The quantitative estimate of drug-likeness (QED) is 0.552. The maximum absolute atomic E-state index is 13.6. The third-order valence-corrected chi connectivity index (χ3v) is 8.98. The summed E-state index contributed by atoms with van der Waals surface area (Å²) in [5.74, 6) is 0.985. The number of pyridine rings is 1. The molecule has 0 amide bonds. The van der Waals surface area contributed by atoms with Crippen LogP contribution in [0.3, 0.4) is 0 Å². The summed E-state index contributed by atoms with van der Waals surface area (Å²) in [6.45, 7) is 11.5. The summed E-state index contributed by atoms with van der Waals surface area (Å²) in [4.78, 5) is 22.9. The van der Waals surface area contributed by atoms with Gasteiger partial charge >= 0.3 is 5.97 Å². The zero-order chi connectivity index (χ0) is 25.4. The van der Waals surface area contributed by atoms with E-state index in [1.165, 1.54) is 12.1 Å². The maximum Gasteiger partial charge on any atom is 0.314 e. The molecule has 2 saturated heterocycles. The molecule has 1 saturated carbocycles. The molecule has 5 rings (SSSR count). The molecule has 3 heterocycles. The van der Waals surface area contributed by atoms with Crippen LogP contribution in [-0.4, -0.2) is 66.6 Å². The Hall–Kier alpha value is -2.57. The van der Waals surface area contributed by atoms with Crippen LogP contribution in [-0.2, 0) is 9.53 Å². The van der Waals surface area contributed by atoms with Crippen LogP contribution < -0.4 is 0 Å². The molecule has 2 aromatic rings. The van der Waals surface area contributed by atoms with Gasteiger partial charge in [0.1, 0.15) is 11.9 Å². The number of cyclic esters (lactones) is 1. The Labute approximate surface area is 214 Å². The smallest absolute Gasteiger partial charge is 0.314 e. The van der Waals surface area contributed by atoms with Crippen LogP contribution in [0.1, 0.15) is 32.9 Å². The van der Waals surface area contributed by atoms with Gasteiger partial charge in [0.25, 0.3) is 0 Å². The third kappa shape index (κ3) is 4.73. The average Bonchev–Trinajstić information content (AvgIpc) is 3.10. The van der Waals surface area contributed by atoms with Crippen molar-refractivity contribution in [1.29, 1.82) is 0 Å². The number of hydrogen-bond acceptors (Lipinski definition) is 5. The molecule has 0 radical (unpaired) electrons. The molecule has 3 fully saturated rings. The van der Waals surface area contributed by atoms with Gasteiger partial charge in [-0.2, -0.15) is 0 Å². The summed E-state index contributed by atoms with van der Waals surface area (Å²) in [6.07, 6.45) is 6.94. The van der Waals surface area contributed by atoms with Gasteiger partial charge in [-0.15, -0.1) is 0 Å². The van der Waals surface area contributed by atoms with Crippen LogP contribution in [0.5, 0.6) is 0 Å². The molecular formula is C30H38FN3O2. The molecule has 0 N–H and O–H groups in total. The summed E-state index contributed by atoms with van der Waals surface area (Å²) >= 11 is 0. The largest absolute Gasteiger partial charge is 0.462 e. The summed E-state index contributed by atoms with van der Waals surface area (Å²) in [5.41, 5.74) is 2.12. The van der Waals surface area contributed by atoms with Crippen molar-refractivity contribution in [3.8, 4) is 11.1 Å². The number of carbonyl (C=O) groups is 1. The molecule has 1 aromatic carbocycles. The third-order valence-electron chi connectivity index (χ3n) is 8.98. The molecule has 36 heavy (non-hydrogen) atoms. The number of fused-ring (bicyclic) bond motifs is 1. The fraction of sp³-hybridized carbons (Fsp3) is 0.533. The number of rotatable bonds is 5. The number of benzene rings is 1. The predicted octanol–water partition coefficient (Wildman–Crippen LogP) is 4.99. The number of carbonyl (C=O) groups excluding carboxylic acids is 1. The molecule has 3 aliphatic rings. The van der Waals surface area contributed by atoms with E-state index in [2.05, 4.69) is 54.8 Å². The molecule has 6 atom stereocenters. The predicted molar refractivity (Wildman–Crippen MR) is 141 cm³/mol. The van der Waals surface area contributed by atoms with E-state index in [0.29, 0.717) is 11.8 Å². The second-order valence-corrected chi connectivity index (χ2v) is 11.3. The Morgan fingerprint density at radius 1 is 1.11 bits per heavy atom. The molecular weight excluding hydrogens is 453 g/mol. The first-order chi connectivity index (χ1) is 17.3.